The van der Waals surface area contributed by atoms with Crippen molar-refractivity contribution in [1.29, 1.82) is 0 Å². The number of benzene rings is 2. The van der Waals surface area contributed by atoms with Crippen LogP contribution in [0.1, 0.15) is 5.56 Å². The number of rotatable bonds is 2. The van der Waals surface area contributed by atoms with E-state index in [0.717, 1.165) is 0 Å². The molecule has 5 nitrogen and oxygen atoms in total. The van der Waals surface area contributed by atoms with E-state index < -0.39 is 10.1 Å². The maximum Gasteiger partial charge on any atom is 0.294 e. The molecule has 0 aromatic heterocycles. The SMILES string of the molecule is COc1c(C)c(S(=O)(=O)O)cc2ccc(N)cc12. The highest BCUT2D eigenvalue weighted by Crippen LogP contribution is 2.35. The van der Waals surface area contributed by atoms with Crippen LogP contribution in [0.4, 0.5) is 5.69 Å². The van der Waals surface area contributed by atoms with E-state index in [-0.39, 0.29) is 4.90 Å². The maximum absolute atomic E-state index is 11.3. The lowest BCUT2D eigenvalue weighted by Crippen LogP contribution is -2.03. The summed E-state index contributed by atoms with van der Waals surface area (Å²) in [6.45, 7) is 1.57. The number of nitrogens with two attached hydrogens (primary N) is 1. The van der Waals surface area contributed by atoms with Crippen LogP contribution < -0.4 is 10.5 Å². The monoisotopic (exact) mass is 267 g/mol. The van der Waals surface area contributed by atoms with Gasteiger partial charge in [0.15, 0.2) is 0 Å². The van der Waals surface area contributed by atoms with Gasteiger partial charge in [-0.25, -0.2) is 0 Å². The molecule has 0 saturated carbocycles. The summed E-state index contributed by atoms with van der Waals surface area (Å²) in [4.78, 5) is -0.156. The third-order valence-corrected chi connectivity index (χ3v) is 3.78. The Morgan fingerprint density at radius 3 is 2.50 bits per heavy atom. The second-order valence-corrected chi connectivity index (χ2v) is 5.38. The molecule has 3 N–H and O–H groups in total. The van der Waals surface area contributed by atoms with Gasteiger partial charge in [-0.15, -0.1) is 0 Å². The Morgan fingerprint density at radius 1 is 1.28 bits per heavy atom. The van der Waals surface area contributed by atoms with Crippen molar-refractivity contribution in [2.24, 2.45) is 0 Å². The molecule has 2 aromatic rings. The molecule has 0 saturated heterocycles. The van der Waals surface area contributed by atoms with Crippen molar-refractivity contribution in [2.45, 2.75) is 11.8 Å². The van der Waals surface area contributed by atoms with Crippen LogP contribution >= 0.6 is 0 Å². The van der Waals surface area contributed by atoms with Crippen molar-refractivity contribution in [1.82, 2.24) is 0 Å². The van der Waals surface area contributed by atoms with Gasteiger partial charge in [0.1, 0.15) is 10.6 Å². The van der Waals surface area contributed by atoms with E-state index in [4.69, 9.17) is 10.5 Å². The predicted molar refractivity (Wildman–Crippen MR) is 69.5 cm³/mol. The first-order valence-corrected chi connectivity index (χ1v) is 6.63. The molecule has 0 atom stereocenters. The standard InChI is InChI=1S/C12H13NO4S/c1-7-11(18(14,15)16)5-8-3-4-9(13)6-10(8)12(7)17-2/h3-6H,13H2,1-2H3,(H,14,15,16). The van der Waals surface area contributed by atoms with Gasteiger partial charge >= 0.3 is 0 Å². The highest BCUT2D eigenvalue weighted by molar-refractivity contribution is 7.85. The summed E-state index contributed by atoms with van der Waals surface area (Å²) in [6, 6.07) is 6.45. The van der Waals surface area contributed by atoms with Crippen molar-refractivity contribution in [3.05, 3.63) is 29.8 Å². The summed E-state index contributed by atoms with van der Waals surface area (Å²) in [5.41, 5.74) is 6.61. The highest BCUT2D eigenvalue weighted by atomic mass is 32.2. The summed E-state index contributed by atoms with van der Waals surface area (Å²) in [5, 5.41) is 1.35. The number of fused-ring (bicyclic) bond motifs is 1. The topological polar surface area (TPSA) is 89.6 Å². The van der Waals surface area contributed by atoms with Crippen molar-refractivity contribution in [2.75, 3.05) is 12.8 Å². The van der Waals surface area contributed by atoms with Gasteiger partial charge in [-0.1, -0.05) is 6.07 Å². The molecule has 2 rings (SSSR count). The number of hydrogen-bond acceptors (Lipinski definition) is 4. The smallest absolute Gasteiger partial charge is 0.294 e. The molecule has 96 valence electrons. The molecule has 2 aromatic carbocycles. The zero-order valence-electron chi connectivity index (χ0n) is 9.97. The van der Waals surface area contributed by atoms with Crippen molar-refractivity contribution < 1.29 is 17.7 Å². The number of ether oxygens (including phenoxy) is 1. The molecule has 0 unspecified atom stereocenters. The minimum Gasteiger partial charge on any atom is -0.496 e. The minimum atomic E-state index is -4.28. The lowest BCUT2D eigenvalue weighted by Gasteiger charge is -2.12. The molecule has 0 bridgehead atoms. The molecule has 0 aliphatic rings. The summed E-state index contributed by atoms with van der Waals surface area (Å²) in [7, 11) is -2.84. The molecule has 0 spiro atoms. The molecule has 0 amide bonds. The van der Waals surface area contributed by atoms with Crippen LogP contribution in [0.2, 0.25) is 0 Å². The largest absolute Gasteiger partial charge is 0.496 e. The van der Waals surface area contributed by atoms with E-state index in [0.29, 0.717) is 27.8 Å². The summed E-state index contributed by atoms with van der Waals surface area (Å²) >= 11 is 0. The molecule has 0 fully saturated rings. The van der Waals surface area contributed by atoms with Gasteiger partial charge in [0, 0.05) is 16.6 Å². The van der Waals surface area contributed by atoms with Crippen molar-refractivity contribution >= 4 is 26.6 Å². The fourth-order valence-corrected chi connectivity index (χ4v) is 2.75. The fourth-order valence-electron chi connectivity index (χ4n) is 1.99. The summed E-state index contributed by atoms with van der Waals surface area (Å²) < 4.78 is 37.0. The zero-order chi connectivity index (χ0) is 13.5. The normalized spacial score (nSPS) is 11.7. The molecule has 0 heterocycles. The minimum absolute atomic E-state index is 0.156. The van der Waals surface area contributed by atoms with Gasteiger partial charge < -0.3 is 10.5 Å². The molecular formula is C12H13NO4S. The second kappa shape index (κ2) is 4.15. The van der Waals surface area contributed by atoms with Crippen molar-refractivity contribution in [3.63, 3.8) is 0 Å². The average Bonchev–Trinajstić information content (AvgIpc) is 2.26. The molecule has 6 heteroatoms. The van der Waals surface area contributed by atoms with Gasteiger partial charge in [0.25, 0.3) is 10.1 Å². The third-order valence-electron chi connectivity index (χ3n) is 2.80. The number of hydrogen-bond donors (Lipinski definition) is 2. The number of anilines is 1. The van der Waals surface area contributed by atoms with E-state index in [2.05, 4.69) is 0 Å². The number of nitrogen functional groups attached to an aromatic ring is 1. The first-order valence-electron chi connectivity index (χ1n) is 5.19. The Bertz CT molecular complexity index is 722. The van der Waals surface area contributed by atoms with Crippen molar-refractivity contribution in [3.8, 4) is 5.75 Å². The van der Waals surface area contributed by atoms with Gasteiger partial charge in [-0.05, 0) is 30.5 Å². The zero-order valence-corrected chi connectivity index (χ0v) is 10.8. The van der Waals surface area contributed by atoms with Crippen LogP contribution in [0.5, 0.6) is 5.75 Å². The third kappa shape index (κ3) is 2.00. The molecule has 0 aliphatic carbocycles. The molecule has 0 radical (unpaired) electrons. The van der Waals surface area contributed by atoms with Gasteiger partial charge in [0.05, 0.1) is 7.11 Å². The Labute approximate surface area is 105 Å². The lowest BCUT2D eigenvalue weighted by atomic mass is 10.1. The first kappa shape index (κ1) is 12.7. The molecular weight excluding hydrogens is 254 g/mol. The Kier molecular flexibility index (Phi) is 2.92. The van der Waals surface area contributed by atoms with E-state index in [1.54, 1.807) is 25.1 Å². The predicted octanol–water partition coefficient (Wildman–Crippen LogP) is 1.99. The van der Waals surface area contributed by atoms with Gasteiger partial charge in [0.2, 0.25) is 0 Å². The van der Waals surface area contributed by atoms with E-state index in [1.165, 1.54) is 13.2 Å². The highest BCUT2D eigenvalue weighted by Gasteiger charge is 2.19. The van der Waals surface area contributed by atoms with Crippen LogP contribution in [0.3, 0.4) is 0 Å². The number of methoxy groups -OCH3 is 1. The Morgan fingerprint density at radius 2 is 1.94 bits per heavy atom. The average molecular weight is 267 g/mol. The quantitative estimate of drug-likeness (QED) is 0.641. The summed E-state index contributed by atoms with van der Waals surface area (Å²) in [6.07, 6.45) is 0. The lowest BCUT2D eigenvalue weighted by molar-refractivity contribution is 0.414. The van der Waals surface area contributed by atoms with Crippen LogP contribution in [-0.4, -0.2) is 20.1 Å². The van der Waals surface area contributed by atoms with Gasteiger partial charge in [-0.2, -0.15) is 8.42 Å². The Hall–Kier alpha value is -1.79. The second-order valence-electron chi connectivity index (χ2n) is 3.99. The van der Waals surface area contributed by atoms with Crippen LogP contribution in [0.15, 0.2) is 29.2 Å². The van der Waals surface area contributed by atoms with Crippen LogP contribution in [0, 0.1) is 6.92 Å². The van der Waals surface area contributed by atoms with Crippen LogP contribution in [0.25, 0.3) is 10.8 Å². The first-order chi connectivity index (χ1) is 8.34. The van der Waals surface area contributed by atoms with E-state index in [9.17, 15) is 13.0 Å². The maximum atomic E-state index is 11.3. The Balaban J connectivity index is 2.96. The molecule has 0 aliphatic heterocycles. The van der Waals surface area contributed by atoms with E-state index in [1.807, 2.05) is 0 Å². The van der Waals surface area contributed by atoms with Crippen LogP contribution in [-0.2, 0) is 10.1 Å². The molecule has 18 heavy (non-hydrogen) atoms. The fraction of sp³-hybridized carbons (Fsp3) is 0.167. The van der Waals surface area contributed by atoms with Gasteiger partial charge in [-0.3, -0.25) is 4.55 Å². The van der Waals surface area contributed by atoms with E-state index >= 15 is 0 Å². The summed E-state index contributed by atoms with van der Waals surface area (Å²) in [5.74, 6) is 0.396.